The third kappa shape index (κ3) is 3.35. The highest BCUT2D eigenvalue weighted by molar-refractivity contribution is 5.92. The number of aromatic amines is 1. The van der Waals surface area contributed by atoms with Crippen LogP contribution in [0.3, 0.4) is 0 Å². The number of aliphatic hydroxyl groups is 1. The Morgan fingerprint density at radius 2 is 2.18 bits per heavy atom. The van der Waals surface area contributed by atoms with Crippen LogP contribution in [-0.2, 0) is 6.54 Å². The number of imidazole rings is 1. The van der Waals surface area contributed by atoms with E-state index in [4.69, 9.17) is 0 Å². The molecule has 1 amide bonds. The molecule has 1 aromatic carbocycles. The second-order valence-corrected chi connectivity index (χ2v) is 5.67. The second-order valence-electron chi connectivity index (χ2n) is 5.67. The van der Waals surface area contributed by atoms with Crippen molar-refractivity contribution < 1.29 is 9.90 Å². The molecule has 0 unspecified atom stereocenters. The molecule has 3 N–H and O–H groups in total. The second kappa shape index (κ2) is 6.72. The number of carbonyl (C=O) groups excluding carboxylic acids is 1. The van der Waals surface area contributed by atoms with E-state index < -0.39 is 0 Å². The average Bonchev–Trinajstić information content (AvgIpc) is 3.18. The number of nitrogens with one attached hydrogen (secondary N) is 2. The van der Waals surface area contributed by atoms with Gasteiger partial charge in [0.2, 0.25) is 0 Å². The number of carbonyl (C=O) groups is 1. The zero-order valence-electron chi connectivity index (χ0n) is 12.3. The van der Waals surface area contributed by atoms with E-state index in [0.29, 0.717) is 5.69 Å². The largest absolute Gasteiger partial charge is 0.396 e. The minimum absolute atomic E-state index is 0.0514. The molecule has 1 aliphatic rings. The van der Waals surface area contributed by atoms with Gasteiger partial charge in [0.1, 0.15) is 5.69 Å². The molecule has 2 aromatic rings. The van der Waals surface area contributed by atoms with Gasteiger partial charge in [0.25, 0.3) is 5.91 Å². The third-order valence-electron chi connectivity index (χ3n) is 4.06. The molecule has 0 bridgehead atoms. The molecule has 1 aromatic heterocycles. The lowest BCUT2D eigenvalue weighted by Gasteiger charge is -2.17. The standard InChI is InChI=1S/C16H20N4O2/c21-10-13-8-20(7-12-4-2-1-3-5-12)9-15(13)19-16(22)14-6-17-11-18-14/h1-6,11,13,15,21H,7-10H2,(H,17,18)(H,19,22)/t13-,15+/m0/s1. The molecule has 2 atom stereocenters. The van der Waals surface area contributed by atoms with Crippen LogP contribution in [0.15, 0.2) is 42.9 Å². The Labute approximate surface area is 129 Å². The van der Waals surface area contributed by atoms with Gasteiger partial charge in [0, 0.05) is 38.2 Å². The fourth-order valence-electron chi connectivity index (χ4n) is 2.91. The van der Waals surface area contributed by atoms with Gasteiger partial charge in [0.15, 0.2) is 0 Å². The predicted molar refractivity (Wildman–Crippen MR) is 82.1 cm³/mol. The molecule has 1 saturated heterocycles. The number of likely N-dealkylation sites (tertiary alicyclic amines) is 1. The van der Waals surface area contributed by atoms with E-state index in [1.807, 2.05) is 18.2 Å². The van der Waals surface area contributed by atoms with E-state index in [2.05, 4.69) is 32.3 Å². The Morgan fingerprint density at radius 3 is 2.86 bits per heavy atom. The molecule has 0 spiro atoms. The lowest BCUT2D eigenvalue weighted by Crippen LogP contribution is -2.41. The number of hydrogen-bond acceptors (Lipinski definition) is 4. The van der Waals surface area contributed by atoms with Gasteiger partial charge in [-0.1, -0.05) is 30.3 Å². The molecule has 6 heteroatoms. The first-order chi connectivity index (χ1) is 10.8. The molecule has 1 fully saturated rings. The molecule has 0 saturated carbocycles. The van der Waals surface area contributed by atoms with Crippen molar-refractivity contribution in [3.63, 3.8) is 0 Å². The fraction of sp³-hybridized carbons (Fsp3) is 0.375. The normalized spacial score (nSPS) is 21.9. The smallest absolute Gasteiger partial charge is 0.269 e. The number of aliphatic hydroxyl groups excluding tert-OH is 1. The summed E-state index contributed by atoms with van der Waals surface area (Å²) in [5.74, 6) is -0.127. The summed E-state index contributed by atoms with van der Waals surface area (Å²) in [6, 6.07) is 10.2. The summed E-state index contributed by atoms with van der Waals surface area (Å²) < 4.78 is 0. The monoisotopic (exact) mass is 300 g/mol. The molecule has 6 nitrogen and oxygen atoms in total. The zero-order chi connectivity index (χ0) is 15.4. The first kappa shape index (κ1) is 14.7. The fourth-order valence-corrected chi connectivity index (χ4v) is 2.91. The van der Waals surface area contributed by atoms with Crippen LogP contribution in [-0.4, -0.2) is 51.6 Å². The molecule has 116 valence electrons. The van der Waals surface area contributed by atoms with Gasteiger partial charge < -0.3 is 15.4 Å². The van der Waals surface area contributed by atoms with Crippen molar-refractivity contribution in [3.05, 3.63) is 54.1 Å². The van der Waals surface area contributed by atoms with Gasteiger partial charge in [-0.15, -0.1) is 0 Å². The van der Waals surface area contributed by atoms with Crippen molar-refractivity contribution in [3.8, 4) is 0 Å². The molecule has 0 radical (unpaired) electrons. The number of aromatic nitrogens is 2. The van der Waals surface area contributed by atoms with Crippen LogP contribution >= 0.6 is 0 Å². The number of nitrogens with zero attached hydrogens (tertiary/aromatic N) is 2. The van der Waals surface area contributed by atoms with Gasteiger partial charge in [-0.25, -0.2) is 4.98 Å². The SMILES string of the molecule is O=C(N[C@@H]1CN(Cc2ccccc2)C[C@H]1CO)c1cnc[nH]1. The van der Waals surface area contributed by atoms with Crippen molar-refractivity contribution in [1.82, 2.24) is 20.2 Å². The molecular formula is C16H20N4O2. The van der Waals surface area contributed by atoms with Crippen LogP contribution in [0.4, 0.5) is 0 Å². The molecule has 0 aliphatic carbocycles. The highest BCUT2D eigenvalue weighted by Gasteiger charge is 2.33. The minimum atomic E-state index is -0.178. The van der Waals surface area contributed by atoms with E-state index in [-0.39, 0.29) is 24.5 Å². The van der Waals surface area contributed by atoms with Gasteiger partial charge in [0.05, 0.1) is 12.5 Å². The lowest BCUT2D eigenvalue weighted by atomic mass is 10.1. The predicted octanol–water partition coefficient (Wildman–Crippen LogP) is 0.632. The lowest BCUT2D eigenvalue weighted by molar-refractivity contribution is 0.0916. The van der Waals surface area contributed by atoms with E-state index in [1.165, 1.54) is 18.1 Å². The molecule has 1 aliphatic heterocycles. The molecular weight excluding hydrogens is 280 g/mol. The van der Waals surface area contributed by atoms with Crippen molar-refractivity contribution in [2.75, 3.05) is 19.7 Å². The summed E-state index contributed by atoms with van der Waals surface area (Å²) in [4.78, 5) is 21.0. The number of rotatable bonds is 5. The van der Waals surface area contributed by atoms with Crippen molar-refractivity contribution in [1.29, 1.82) is 0 Å². The van der Waals surface area contributed by atoms with E-state index in [0.717, 1.165) is 19.6 Å². The summed E-state index contributed by atoms with van der Waals surface area (Å²) in [6.45, 7) is 2.41. The summed E-state index contributed by atoms with van der Waals surface area (Å²) in [6.07, 6.45) is 2.98. The average molecular weight is 300 g/mol. The number of amides is 1. The first-order valence-corrected chi connectivity index (χ1v) is 7.42. The zero-order valence-corrected chi connectivity index (χ0v) is 12.3. The number of hydrogen-bond donors (Lipinski definition) is 3. The van der Waals surface area contributed by atoms with Crippen molar-refractivity contribution in [2.24, 2.45) is 5.92 Å². The Bertz CT molecular complexity index is 600. The van der Waals surface area contributed by atoms with Crippen LogP contribution in [0, 0.1) is 5.92 Å². The highest BCUT2D eigenvalue weighted by atomic mass is 16.3. The van der Waals surface area contributed by atoms with Gasteiger partial charge in [-0.05, 0) is 5.56 Å². The van der Waals surface area contributed by atoms with Crippen LogP contribution in [0.2, 0.25) is 0 Å². The molecule has 22 heavy (non-hydrogen) atoms. The van der Waals surface area contributed by atoms with Crippen LogP contribution in [0.5, 0.6) is 0 Å². The van der Waals surface area contributed by atoms with E-state index >= 15 is 0 Å². The Hall–Kier alpha value is -2.18. The van der Waals surface area contributed by atoms with Gasteiger partial charge >= 0.3 is 0 Å². The number of benzene rings is 1. The maximum absolute atomic E-state index is 12.1. The maximum atomic E-state index is 12.1. The Morgan fingerprint density at radius 1 is 1.36 bits per heavy atom. The van der Waals surface area contributed by atoms with Crippen LogP contribution < -0.4 is 5.32 Å². The summed E-state index contributed by atoms with van der Waals surface area (Å²) in [5.41, 5.74) is 1.68. The Balaban J connectivity index is 1.61. The molecule has 2 heterocycles. The van der Waals surface area contributed by atoms with Gasteiger partial charge in [-0.3, -0.25) is 9.69 Å². The van der Waals surface area contributed by atoms with Crippen LogP contribution in [0.1, 0.15) is 16.1 Å². The topological polar surface area (TPSA) is 81.2 Å². The van der Waals surface area contributed by atoms with E-state index in [1.54, 1.807) is 0 Å². The maximum Gasteiger partial charge on any atom is 0.269 e. The quantitative estimate of drug-likeness (QED) is 0.756. The van der Waals surface area contributed by atoms with Crippen LogP contribution in [0.25, 0.3) is 0 Å². The number of H-pyrrole nitrogens is 1. The first-order valence-electron chi connectivity index (χ1n) is 7.42. The van der Waals surface area contributed by atoms with Crippen molar-refractivity contribution in [2.45, 2.75) is 12.6 Å². The van der Waals surface area contributed by atoms with E-state index in [9.17, 15) is 9.90 Å². The highest BCUT2D eigenvalue weighted by Crippen LogP contribution is 2.19. The van der Waals surface area contributed by atoms with Crippen molar-refractivity contribution >= 4 is 5.91 Å². The summed E-state index contributed by atoms with van der Waals surface area (Å²) in [7, 11) is 0. The third-order valence-corrected chi connectivity index (χ3v) is 4.06. The summed E-state index contributed by atoms with van der Waals surface area (Å²) in [5, 5.41) is 12.6. The minimum Gasteiger partial charge on any atom is -0.396 e. The molecule has 3 rings (SSSR count). The van der Waals surface area contributed by atoms with Gasteiger partial charge in [-0.2, -0.15) is 0 Å². The summed E-state index contributed by atoms with van der Waals surface area (Å²) >= 11 is 0. The Kier molecular flexibility index (Phi) is 4.50.